The normalized spacial score (nSPS) is 22.7. The first kappa shape index (κ1) is 20.4. The minimum atomic E-state index is 0. The van der Waals surface area contributed by atoms with Gasteiger partial charge < -0.3 is 10.2 Å². The molecule has 1 atom stereocenters. The van der Waals surface area contributed by atoms with Gasteiger partial charge in [0.2, 0.25) is 5.91 Å². The van der Waals surface area contributed by atoms with Crippen molar-refractivity contribution in [3.63, 3.8) is 0 Å². The maximum atomic E-state index is 12.8. The Morgan fingerprint density at radius 2 is 1.89 bits per heavy atom. The fraction of sp³-hybridized carbons (Fsp3) is 0.708. The number of fused-ring (bicyclic) bond motifs is 2. The van der Waals surface area contributed by atoms with Crippen LogP contribution < -0.4 is 5.32 Å². The molecule has 1 N–H and O–H groups in total. The molecule has 0 aromatic heterocycles. The monoisotopic (exact) mass is 372 g/mol. The molecular formula is C24H40N2O. The topological polar surface area (TPSA) is 32.3 Å². The maximum absolute atomic E-state index is 12.8. The van der Waals surface area contributed by atoms with E-state index in [9.17, 15) is 4.79 Å². The Balaban J connectivity index is 0.00000280. The maximum Gasteiger partial charge on any atom is 0.227 e. The van der Waals surface area contributed by atoms with Crippen LogP contribution in [0.5, 0.6) is 0 Å². The van der Waals surface area contributed by atoms with E-state index < -0.39 is 0 Å². The second kappa shape index (κ2) is 7.95. The molecule has 1 spiro atoms. The number of benzene rings is 1. The molecule has 0 radical (unpaired) electrons. The van der Waals surface area contributed by atoms with Gasteiger partial charge in [-0.05, 0) is 87.5 Å². The van der Waals surface area contributed by atoms with Crippen LogP contribution in [-0.2, 0) is 10.2 Å². The van der Waals surface area contributed by atoms with Gasteiger partial charge in [0.1, 0.15) is 0 Å². The van der Waals surface area contributed by atoms with Gasteiger partial charge in [0, 0.05) is 7.47 Å². The van der Waals surface area contributed by atoms with Gasteiger partial charge in [0.15, 0.2) is 0 Å². The summed E-state index contributed by atoms with van der Waals surface area (Å²) in [5.41, 5.74) is 3.42. The van der Waals surface area contributed by atoms with E-state index in [1.807, 2.05) is 13.8 Å². The van der Waals surface area contributed by atoms with Crippen molar-refractivity contribution in [2.24, 2.45) is 5.41 Å². The molecule has 3 nitrogen and oxygen atoms in total. The van der Waals surface area contributed by atoms with E-state index in [2.05, 4.69) is 55.3 Å². The number of rotatable bonds is 4. The fourth-order valence-corrected chi connectivity index (χ4v) is 4.87. The Morgan fingerprint density at radius 3 is 2.52 bits per heavy atom. The largest absolute Gasteiger partial charge is 0.353 e. The van der Waals surface area contributed by atoms with E-state index in [1.165, 1.54) is 50.0 Å². The predicted molar refractivity (Wildman–Crippen MR) is 115 cm³/mol. The molecular weight excluding hydrogens is 332 g/mol. The van der Waals surface area contributed by atoms with E-state index >= 15 is 0 Å². The molecule has 1 unspecified atom stereocenters. The lowest BCUT2D eigenvalue weighted by Gasteiger charge is -2.47. The zero-order valence-electron chi connectivity index (χ0n) is 18.0. The van der Waals surface area contributed by atoms with Gasteiger partial charge in [-0.25, -0.2) is 0 Å². The van der Waals surface area contributed by atoms with Crippen LogP contribution in [0.1, 0.15) is 85.2 Å². The average Bonchev–Trinajstić information content (AvgIpc) is 2.60. The lowest BCUT2D eigenvalue weighted by Crippen LogP contribution is -2.47. The molecule has 3 rings (SSSR count). The molecule has 0 bridgehead atoms. The molecule has 152 valence electrons. The summed E-state index contributed by atoms with van der Waals surface area (Å²) in [5, 5.41) is 3.14. The van der Waals surface area contributed by atoms with Crippen LogP contribution in [0.3, 0.4) is 0 Å². The molecule has 1 aromatic rings. The van der Waals surface area contributed by atoms with Crippen LogP contribution >= 0.6 is 0 Å². The Morgan fingerprint density at radius 1 is 1.22 bits per heavy atom. The highest BCUT2D eigenvalue weighted by Gasteiger charge is 2.43. The number of hydrogen-bond donors (Lipinski definition) is 1. The number of nitrogens with one attached hydrogen (secondary N) is 1. The quantitative estimate of drug-likeness (QED) is 0.797. The third kappa shape index (κ3) is 4.74. The van der Waals surface area contributed by atoms with Crippen LogP contribution in [-0.4, -0.2) is 36.5 Å². The SMILES string of the molecule is CC(C)NC(=O)C1CCC2(CCN(CCC(C)(C)C)CC2)c2ccccc21.[HH]. The van der Waals surface area contributed by atoms with Crippen molar-refractivity contribution in [1.82, 2.24) is 10.2 Å². The Bertz CT molecular complexity index is 657. The van der Waals surface area contributed by atoms with Gasteiger partial charge in [-0.2, -0.15) is 0 Å². The third-order valence-electron chi connectivity index (χ3n) is 6.56. The highest BCUT2D eigenvalue weighted by atomic mass is 16.1. The zero-order valence-corrected chi connectivity index (χ0v) is 18.0. The number of nitrogens with zero attached hydrogens (tertiary/aromatic N) is 1. The first-order chi connectivity index (χ1) is 12.7. The molecule has 1 aliphatic heterocycles. The van der Waals surface area contributed by atoms with Crippen molar-refractivity contribution in [3.05, 3.63) is 35.4 Å². The molecule has 2 aliphatic rings. The fourth-order valence-electron chi connectivity index (χ4n) is 4.87. The summed E-state index contributed by atoms with van der Waals surface area (Å²) in [6, 6.07) is 8.97. The average molecular weight is 373 g/mol. The van der Waals surface area contributed by atoms with Gasteiger partial charge >= 0.3 is 0 Å². The van der Waals surface area contributed by atoms with Crippen LogP contribution in [0, 0.1) is 5.41 Å². The van der Waals surface area contributed by atoms with Gasteiger partial charge in [0.05, 0.1) is 5.92 Å². The van der Waals surface area contributed by atoms with E-state index in [0.717, 1.165) is 12.8 Å². The van der Waals surface area contributed by atoms with Crippen LogP contribution in [0.15, 0.2) is 24.3 Å². The van der Waals surface area contributed by atoms with Gasteiger partial charge in [0.25, 0.3) is 0 Å². The Kier molecular flexibility index (Phi) is 6.00. The number of likely N-dealkylation sites (tertiary alicyclic amines) is 1. The summed E-state index contributed by atoms with van der Waals surface area (Å²) >= 11 is 0. The second-order valence-electron chi connectivity index (χ2n) is 10.3. The van der Waals surface area contributed by atoms with E-state index in [1.54, 1.807) is 0 Å². The standard InChI is InChI=1S/C24H38N2O.H2/c1-18(2)25-22(27)20-10-11-24(21-9-7-6-8-19(20)21)13-16-26(17-14-24)15-12-23(3,4)5;/h6-9,18,20H,10-17H2,1-5H3,(H,25,27);1H. The molecule has 1 aliphatic carbocycles. The minimum Gasteiger partial charge on any atom is -0.353 e. The third-order valence-corrected chi connectivity index (χ3v) is 6.56. The number of piperidine rings is 1. The van der Waals surface area contributed by atoms with Crippen LogP contribution in [0.2, 0.25) is 0 Å². The number of carbonyl (C=O) groups is 1. The lowest BCUT2D eigenvalue weighted by molar-refractivity contribution is -0.123. The zero-order chi connectivity index (χ0) is 19.7. The van der Waals surface area contributed by atoms with Crippen molar-refractivity contribution in [3.8, 4) is 0 Å². The molecule has 1 heterocycles. The number of carbonyl (C=O) groups excluding carboxylic acids is 1. The summed E-state index contributed by atoms with van der Waals surface area (Å²) in [5.74, 6) is 0.225. The van der Waals surface area contributed by atoms with Gasteiger partial charge in [-0.15, -0.1) is 0 Å². The van der Waals surface area contributed by atoms with E-state index in [-0.39, 0.29) is 24.7 Å². The lowest BCUT2D eigenvalue weighted by atomic mass is 9.62. The van der Waals surface area contributed by atoms with Crippen molar-refractivity contribution < 1.29 is 6.22 Å². The first-order valence-electron chi connectivity index (χ1n) is 10.8. The summed E-state index contributed by atoms with van der Waals surface area (Å²) in [4.78, 5) is 15.4. The van der Waals surface area contributed by atoms with Crippen molar-refractivity contribution in [2.45, 2.75) is 84.1 Å². The van der Waals surface area contributed by atoms with Crippen molar-refractivity contribution in [1.29, 1.82) is 0 Å². The molecule has 1 aromatic carbocycles. The first-order valence-corrected chi connectivity index (χ1v) is 10.8. The van der Waals surface area contributed by atoms with Crippen molar-refractivity contribution in [2.75, 3.05) is 19.6 Å². The summed E-state index contributed by atoms with van der Waals surface area (Å²) < 4.78 is 0. The molecule has 27 heavy (non-hydrogen) atoms. The van der Waals surface area contributed by atoms with Crippen LogP contribution in [0.4, 0.5) is 0 Å². The molecule has 0 saturated carbocycles. The number of hydrogen-bond acceptors (Lipinski definition) is 2. The smallest absolute Gasteiger partial charge is 0.227 e. The highest BCUT2D eigenvalue weighted by Crippen LogP contribution is 2.48. The number of amides is 1. The van der Waals surface area contributed by atoms with Crippen LogP contribution in [0.25, 0.3) is 0 Å². The molecule has 1 fully saturated rings. The summed E-state index contributed by atoms with van der Waals surface area (Å²) in [7, 11) is 0. The Hall–Kier alpha value is -1.35. The second-order valence-corrected chi connectivity index (χ2v) is 10.3. The predicted octanol–water partition coefficient (Wildman–Crippen LogP) is 5.10. The van der Waals surface area contributed by atoms with E-state index in [4.69, 9.17) is 0 Å². The molecule has 1 saturated heterocycles. The van der Waals surface area contributed by atoms with Crippen molar-refractivity contribution >= 4 is 5.91 Å². The summed E-state index contributed by atoms with van der Waals surface area (Å²) in [6.07, 6.45) is 5.85. The summed E-state index contributed by atoms with van der Waals surface area (Å²) in [6.45, 7) is 14.7. The Labute approximate surface area is 167 Å². The van der Waals surface area contributed by atoms with Gasteiger partial charge in [-0.3, -0.25) is 4.79 Å². The van der Waals surface area contributed by atoms with Gasteiger partial charge in [-0.1, -0.05) is 45.0 Å². The minimum absolute atomic E-state index is 0. The molecule has 3 heteroatoms. The molecule has 1 amide bonds. The highest BCUT2D eigenvalue weighted by molar-refractivity contribution is 5.84. The van der Waals surface area contributed by atoms with E-state index in [0.29, 0.717) is 5.41 Å².